The number of rotatable bonds is 2. The van der Waals surface area contributed by atoms with E-state index in [1.165, 1.54) is 5.56 Å². The number of carbonyl (C=O) groups excluding carboxylic acids is 1. The molecule has 0 aromatic heterocycles. The van der Waals surface area contributed by atoms with Crippen LogP contribution >= 0.6 is 11.6 Å². The molecule has 2 rings (SSSR count). The number of benzene rings is 1. The molecule has 3 heteroatoms. The minimum atomic E-state index is 0.0445. The summed E-state index contributed by atoms with van der Waals surface area (Å²) in [5.74, 6) is 0.131. The Labute approximate surface area is 94.8 Å². The average molecular weight is 224 g/mol. The van der Waals surface area contributed by atoms with Crippen LogP contribution in [0.2, 0.25) is 0 Å². The van der Waals surface area contributed by atoms with Crippen LogP contribution in [-0.2, 0) is 4.79 Å². The highest BCUT2D eigenvalue weighted by Crippen LogP contribution is 2.31. The topological polar surface area (TPSA) is 20.3 Å². The van der Waals surface area contributed by atoms with E-state index in [0.717, 1.165) is 19.4 Å². The number of nitrogens with zero attached hydrogens (tertiary/aromatic N) is 1. The molecule has 1 saturated heterocycles. The zero-order valence-electron chi connectivity index (χ0n) is 8.53. The van der Waals surface area contributed by atoms with Gasteiger partial charge in [-0.1, -0.05) is 30.3 Å². The third-order valence-corrected chi connectivity index (χ3v) is 3.10. The fourth-order valence-electron chi connectivity index (χ4n) is 2.16. The lowest BCUT2D eigenvalue weighted by atomic mass is 10.0. The van der Waals surface area contributed by atoms with E-state index in [1.54, 1.807) is 0 Å². The number of amides is 1. The fraction of sp³-hybridized carbons (Fsp3) is 0.417. The first kappa shape index (κ1) is 10.5. The first-order chi connectivity index (χ1) is 7.33. The molecule has 1 fully saturated rings. The number of halogens is 1. The van der Waals surface area contributed by atoms with E-state index in [-0.39, 0.29) is 17.8 Å². The minimum absolute atomic E-state index is 0.0445. The summed E-state index contributed by atoms with van der Waals surface area (Å²) in [6.45, 7) is 0.838. The molecule has 1 atom stereocenters. The minimum Gasteiger partial charge on any atom is -0.335 e. The molecular weight excluding hydrogens is 210 g/mol. The first-order valence-electron chi connectivity index (χ1n) is 5.23. The highest BCUT2D eigenvalue weighted by atomic mass is 35.5. The number of likely N-dealkylation sites (tertiary alicyclic amines) is 1. The molecule has 1 aromatic carbocycles. The van der Waals surface area contributed by atoms with Crippen molar-refractivity contribution in [1.82, 2.24) is 4.90 Å². The van der Waals surface area contributed by atoms with Crippen LogP contribution in [0, 0.1) is 0 Å². The first-order valence-corrected chi connectivity index (χ1v) is 5.77. The summed E-state index contributed by atoms with van der Waals surface area (Å²) in [7, 11) is 0. The summed E-state index contributed by atoms with van der Waals surface area (Å²) in [5.41, 5.74) is 1.22. The van der Waals surface area contributed by atoms with Gasteiger partial charge in [0.05, 0.1) is 6.04 Å². The molecule has 15 heavy (non-hydrogen) atoms. The van der Waals surface area contributed by atoms with Crippen LogP contribution in [0.15, 0.2) is 30.3 Å². The molecule has 1 aliphatic rings. The lowest BCUT2D eigenvalue weighted by Gasteiger charge is -2.24. The SMILES string of the molecule is O=C(CCl)N1CCCC1c1ccccc1. The van der Waals surface area contributed by atoms with Crippen LogP contribution in [-0.4, -0.2) is 23.2 Å². The third kappa shape index (κ3) is 2.15. The molecule has 0 saturated carbocycles. The van der Waals surface area contributed by atoms with Crippen molar-refractivity contribution in [1.29, 1.82) is 0 Å². The van der Waals surface area contributed by atoms with Gasteiger partial charge >= 0.3 is 0 Å². The maximum Gasteiger partial charge on any atom is 0.238 e. The van der Waals surface area contributed by atoms with Crippen molar-refractivity contribution >= 4 is 17.5 Å². The molecule has 0 aliphatic carbocycles. The second-order valence-corrected chi connectivity index (χ2v) is 4.06. The van der Waals surface area contributed by atoms with Crippen LogP contribution in [0.3, 0.4) is 0 Å². The Balaban J connectivity index is 2.18. The van der Waals surface area contributed by atoms with Gasteiger partial charge in [0, 0.05) is 6.54 Å². The number of carbonyl (C=O) groups is 1. The van der Waals surface area contributed by atoms with Crippen LogP contribution in [0.1, 0.15) is 24.4 Å². The van der Waals surface area contributed by atoms with Gasteiger partial charge in [0.25, 0.3) is 0 Å². The quantitative estimate of drug-likeness (QED) is 0.706. The molecule has 1 aromatic rings. The molecular formula is C12H14ClNO. The van der Waals surface area contributed by atoms with E-state index in [9.17, 15) is 4.79 Å². The summed E-state index contributed by atoms with van der Waals surface area (Å²) in [6.07, 6.45) is 2.12. The summed E-state index contributed by atoms with van der Waals surface area (Å²) >= 11 is 5.59. The van der Waals surface area contributed by atoms with Gasteiger partial charge in [0.15, 0.2) is 0 Å². The van der Waals surface area contributed by atoms with Crippen molar-refractivity contribution in [2.24, 2.45) is 0 Å². The zero-order valence-corrected chi connectivity index (χ0v) is 9.28. The molecule has 0 spiro atoms. The Kier molecular flexibility index (Phi) is 3.27. The van der Waals surface area contributed by atoms with Crippen LogP contribution < -0.4 is 0 Å². The molecule has 1 amide bonds. The molecule has 1 unspecified atom stereocenters. The molecule has 1 aliphatic heterocycles. The normalized spacial score (nSPS) is 20.6. The summed E-state index contributed by atoms with van der Waals surface area (Å²) in [4.78, 5) is 13.5. The van der Waals surface area contributed by atoms with Crippen LogP contribution in [0.25, 0.3) is 0 Å². The zero-order chi connectivity index (χ0) is 10.7. The van der Waals surface area contributed by atoms with Crippen LogP contribution in [0.5, 0.6) is 0 Å². The Bertz CT molecular complexity index is 339. The Morgan fingerprint density at radius 1 is 1.40 bits per heavy atom. The van der Waals surface area contributed by atoms with Gasteiger partial charge in [0.1, 0.15) is 5.88 Å². The fourth-order valence-corrected chi connectivity index (χ4v) is 2.32. The van der Waals surface area contributed by atoms with Crippen molar-refractivity contribution in [2.75, 3.05) is 12.4 Å². The largest absolute Gasteiger partial charge is 0.335 e. The monoisotopic (exact) mass is 223 g/mol. The number of hydrogen-bond acceptors (Lipinski definition) is 1. The van der Waals surface area contributed by atoms with Crippen molar-refractivity contribution < 1.29 is 4.79 Å². The lowest BCUT2D eigenvalue weighted by molar-refractivity contribution is -0.129. The van der Waals surface area contributed by atoms with Crippen molar-refractivity contribution in [3.05, 3.63) is 35.9 Å². The second kappa shape index (κ2) is 4.67. The number of alkyl halides is 1. The van der Waals surface area contributed by atoms with E-state index < -0.39 is 0 Å². The molecule has 1 heterocycles. The number of hydrogen-bond donors (Lipinski definition) is 0. The van der Waals surface area contributed by atoms with E-state index >= 15 is 0 Å². The molecule has 0 radical (unpaired) electrons. The van der Waals surface area contributed by atoms with Crippen molar-refractivity contribution in [3.8, 4) is 0 Å². The van der Waals surface area contributed by atoms with Crippen molar-refractivity contribution in [3.63, 3.8) is 0 Å². The maximum absolute atomic E-state index is 11.6. The average Bonchev–Trinajstić information content (AvgIpc) is 2.78. The van der Waals surface area contributed by atoms with Gasteiger partial charge < -0.3 is 4.90 Å². The smallest absolute Gasteiger partial charge is 0.238 e. The Morgan fingerprint density at radius 2 is 2.13 bits per heavy atom. The van der Waals surface area contributed by atoms with E-state index in [4.69, 9.17) is 11.6 Å². The van der Waals surface area contributed by atoms with Gasteiger partial charge in [-0.3, -0.25) is 4.79 Å². The molecule has 80 valence electrons. The summed E-state index contributed by atoms with van der Waals surface area (Å²) in [5, 5.41) is 0. The maximum atomic E-state index is 11.6. The second-order valence-electron chi connectivity index (χ2n) is 3.79. The van der Waals surface area contributed by atoms with Gasteiger partial charge in [-0.05, 0) is 18.4 Å². The highest BCUT2D eigenvalue weighted by molar-refractivity contribution is 6.27. The van der Waals surface area contributed by atoms with E-state index in [2.05, 4.69) is 12.1 Å². The Hall–Kier alpha value is -1.02. The van der Waals surface area contributed by atoms with Crippen molar-refractivity contribution in [2.45, 2.75) is 18.9 Å². The third-order valence-electron chi connectivity index (χ3n) is 2.87. The van der Waals surface area contributed by atoms with Gasteiger partial charge in [0.2, 0.25) is 5.91 Å². The molecule has 0 bridgehead atoms. The predicted octanol–water partition coefficient (Wildman–Crippen LogP) is 2.59. The Morgan fingerprint density at radius 3 is 2.80 bits per heavy atom. The van der Waals surface area contributed by atoms with Crippen LogP contribution in [0.4, 0.5) is 0 Å². The van der Waals surface area contributed by atoms with E-state index in [1.807, 2.05) is 23.1 Å². The lowest BCUT2D eigenvalue weighted by Crippen LogP contribution is -2.31. The van der Waals surface area contributed by atoms with E-state index in [0.29, 0.717) is 0 Å². The molecule has 0 N–H and O–H groups in total. The standard InChI is InChI=1S/C12H14ClNO/c13-9-12(15)14-8-4-7-11(14)10-5-2-1-3-6-10/h1-3,5-6,11H,4,7-9H2. The van der Waals surface area contributed by atoms with Gasteiger partial charge in [-0.2, -0.15) is 0 Å². The van der Waals surface area contributed by atoms with Gasteiger partial charge in [-0.25, -0.2) is 0 Å². The highest BCUT2D eigenvalue weighted by Gasteiger charge is 2.28. The molecule has 2 nitrogen and oxygen atoms in total. The predicted molar refractivity (Wildman–Crippen MR) is 60.9 cm³/mol. The summed E-state index contributed by atoms with van der Waals surface area (Å²) < 4.78 is 0. The van der Waals surface area contributed by atoms with Gasteiger partial charge in [-0.15, -0.1) is 11.6 Å². The summed E-state index contributed by atoms with van der Waals surface area (Å²) in [6, 6.07) is 10.4.